The van der Waals surface area contributed by atoms with Crippen LogP contribution in [0.4, 0.5) is 10.1 Å². The standard InChI is InChI=1S/C17H17FN2O/c18-14-4-7-15(8-5-14)20-16-6-3-11-1-2-12(17(19)21)9-13(11)10-16/h1-2,4-5,7-9,16,20H,3,6,10H2,(H2,19,21). The molecule has 0 radical (unpaired) electrons. The lowest BCUT2D eigenvalue weighted by Gasteiger charge is -2.26. The largest absolute Gasteiger partial charge is 0.382 e. The lowest BCUT2D eigenvalue weighted by molar-refractivity contribution is 0.1000. The lowest BCUT2D eigenvalue weighted by Crippen LogP contribution is -2.27. The number of nitrogens with two attached hydrogens (primary N) is 1. The maximum atomic E-state index is 12.9. The zero-order chi connectivity index (χ0) is 14.8. The molecule has 1 amide bonds. The number of carbonyl (C=O) groups excluding carboxylic acids is 1. The van der Waals surface area contributed by atoms with Gasteiger partial charge in [-0.15, -0.1) is 0 Å². The van der Waals surface area contributed by atoms with Gasteiger partial charge in [0.1, 0.15) is 5.82 Å². The molecule has 0 aliphatic heterocycles. The lowest BCUT2D eigenvalue weighted by atomic mass is 9.87. The predicted octanol–water partition coefficient (Wildman–Crippen LogP) is 2.89. The Hall–Kier alpha value is -2.36. The monoisotopic (exact) mass is 284 g/mol. The van der Waals surface area contributed by atoms with Gasteiger partial charge < -0.3 is 11.1 Å². The van der Waals surface area contributed by atoms with Crippen LogP contribution in [0, 0.1) is 5.82 Å². The van der Waals surface area contributed by atoms with Gasteiger partial charge in [0, 0.05) is 17.3 Å². The Kier molecular flexibility index (Phi) is 3.60. The van der Waals surface area contributed by atoms with Crippen molar-refractivity contribution in [2.45, 2.75) is 25.3 Å². The third kappa shape index (κ3) is 3.05. The van der Waals surface area contributed by atoms with Crippen LogP contribution in [0.1, 0.15) is 27.9 Å². The summed E-state index contributed by atoms with van der Waals surface area (Å²) >= 11 is 0. The summed E-state index contributed by atoms with van der Waals surface area (Å²) in [5, 5.41) is 3.41. The van der Waals surface area contributed by atoms with Crippen molar-refractivity contribution in [3.05, 3.63) is 65.0 Å². The van der Waals surface area contributed by atoms with E-state index in [9.17, 15) is 9.18 Å². The molecular weight excluding hydrogens is 267 g/mol. The normalized spacial score (nSPS) is 17.1. The van der Waals surface area contributed by atoms with Crippen LogP contribution in [0.3, 0.4) is 0 Å². The van der Waals surface area contributed by atoms with Crippen molar-refractivity contribution in [1.82, 2.24) is 0 Å². The second-order valence-electron chi connectivity index (χ2n) is 5.44. The highest BCUT2D eigenvalue weighted by Gasteiger charge is 2.19. The molecule has 3 nitrogen and oxygen atoms in total. The van der Waals surface area contributed by atoms with E-state index >= 15 is 0 Å². The number of hydrogen-bond acceptors (Lipinski definition) is 2. The van der Waals surface area contributed by atoms with E-state index in [2.05, 4.69) is 5.32 Å². The molecule has 0 heterocycles. The minimum absolute atomic E-state index is 0.236. The Morgan fingerprint density at radius 1 is 1.14 bits per heavy atom. The van der Waals surface area contributed by atoms with E-state index in [1.54, 1.807) is 18.2 Å². The Balaban J connectivity index is 1.75. The fourth-order valence-corrected chi connectivity index (χ4v) is 2.82. The number of anilines is 1. The molecule has 1 unspecified atom stereocenters. The van der Waals surface area contributed by atoms with E-state index in [0.717, 1.165) is 30.5 Å². The van der Waals surface area contributed by atoms with Crippen LogP contribution in [-0.4, -0.2) is 11.9 Å². The summed E-state index contributed by atoms with van der Waals surface area (Å²) in [5.74, 6) is -0.632. The first-order valence-corrected chi connectivity index (χ1v) is 7.05. The first kappa shape index (κ1) is 13.6. The molecular formula is C17H17FN2O. The van der Waals surface area contributed by atoms with Crippen LogP contribution in [0.25, 0.3) is 0 Å². The van der Waals surface area contributed by atoms with Gasteiger partial charge >= 0.3 is 0 Å². The molecule has 3 rings (SSSR count). The van der Waals surface area contributed by atoms with Crippen LogP contribution in [-0.2, 0) is 12.8 Å². The van der Waals surface area contributed by atoms with E-state index in [-0.39, 0.29) is 11.9 Å². The molecule has 0 fully saturated rings. The van der Waals surface area contributed by atoms with Crippen LogP contribution < -0.4 is 11.1 Å². The molecule has 0 spiro atoms. The van der Waals surface area contributed by atoms with Gasteiger partial charge in [-0.05, 0) is 66.8 Å². The number of aryl methyl sites for hydroxylation is 1. The quantitative estimate of drug-likeness (QED) is 0.910. The van der Waals surface area contributed by atoms with E-state index < -0.39 is 5.91 Å². The maximum absolute atomic E-state index is 12.9. The Labute approximate surface area is 123 Å². The predicted molar refractivity (Wildman–Crippen MR) is 80.8 cm³/mol. The highest BCUT2D eigenvalue weighted by molar-refractivity contribution is 5.93. The van der Waals surface area contributed by atoms with E-state index in [1.165, 1.54) is 17.7 Å². The summed E-state index contributed by atoms with van der Waals surface area (Å²) in [6, 6.07) is 12.3. The average molecular weight is 284 g/mol. The van der Waals surface area contributed by atoms with Crippen molar-refractivity contribution in [2.24, 2.45) is 5.73 Å². The van der Waals surface area contributed by atoms with Crippen molar-refractivity contribution in [2.75, 3.05) is 5.32 Å². The molecule has 4 heteroatoms. The first-order chi connectivity index (χ1) is 10.1. The van der Waals surface area contributed by atoms with Gasteiger partial charge in [0.2, 0.25) is 5.91 Å². The summed E-state index contributed by atoms with van der Waals surface area (Å²) in [6.45, 7) is 0. The van der Waals surface area contributed by atoms with Gasteiger partial charge in [0.05, 0.1) is 0 Å². The molecule has 1 aliphatic carbocycles. The number of hydrogen-bond donors (Lipinski definition) is 2. The zero-order valence-corrected chi connectivity index (χ0v) is 11.6. The molecule has 1 aliphatic rings. The van der Waals surface area contributed by atoms with E-state index in [0.29, 0.717) is 5.56 Å². The van der Waals surface area contributed by atoms with Gasteiger partial charge in [-0.1, -0.05) is 6.07 Å². The van der Waals surface area contributed by atoms with Gasteiger partial charge in [-0.25, -0.2) is 4.39 Å². The molecule has 108 valence electrons. The molecule has 0 aromatic heterocycles. The van der Waals surface area contributed by atoms with Crippen LogP contribution in [0.15, 0.2) is 42.5 Å². The van der Waals surface area contributed by atoms with Crippen molar-refractivity contribution >= 4 is 11.6 Å². The topological polar surface area (TPSA) is 55.1 Å². The summed E-state index contributed by atoms with van der Waals surface area (Å²) in [6.07, 6.45) is 2.82. The van der Waals surface area contributed by atoms with Crippen molar-refractivity contribution < 1.29 is 9.18 Å². The van der Waals surface area contributed by atoms with Crippen molar-refractivity contribution in [3.63, 3.8) is 0 Å². The van der Waals surface area contributed by atoms with Crippen molar-refractivity contribution in [3.8, 4) is 0 Å². The van der Waals surface area contributed by atoms with E-state index in [1.807, 2.05) is 12.1 Å². The average Bonchev–Trinajstić information content (AvgIpc) is 2.49. The van der Waals surface area contributed by atoms with Gasteiger partial charge in [0.15, 0.2) is 0 Å². The molecule has 3 N–H and O–H groups in total. The molecule has 0 saturated heterocycles. The molecule has 1 atom stereocenters. The SMILES string of the molecule is NC(=O)c1ccc2c(c1)CC(Nc1ccc(F)cc1)CC2. The number of benzene rings is 2. The number of rotatable bonds is 3. The zero-order valence-electron chi connectivity index (χ0n) is 11.6. The fourth-order valence-electron chi connectivity index (χ4n) is 2.82. The number of halogens is 1. The number of carbonyl (C=O) groups is 1. The summed E-state index contributed by atoms with van der Waals surface area (Å²) in [5.41, 5.74) is 9.23. The minimum Gasteiger partial charge on any atom is -0.382 e. The van der Waals surface area contributed by atoms with Gasteiger partial charge in [0.25, 0.3) is 0 Å². The molecule has 0 saturated carbocycles. The third-order valence-corrected chi connectivity index (χ3v) is 3.93. The van der Waals surface area contributed by atoms with Crippen LogP contribution in [0.5, 0.6) is 0 Å². The second-order valence-corrected chi connectivity index (χ2v) is 5.44. The second kappa shape index (κ2) is 5.56. The third-order valence-electron chi connectivity index (χ3n) is 3.93. The maximum Gasteiger partial charge on any atom is 0.248 e. The molecule has 21 heavy (non-hydrogen) atoms. The van der Waals surface area contributed by atoms with Gasteiger partial charge in [-0.3, -0.25) is 4.79 Å². The highest BCUT2D eigenvalue weighted by Crippen LogP contribution is 2.25. The van der Waals surface area contributed by atoms with Crippen LogP contribution >= 0.6 is 0 Å². The highest BCUT2D eigenvalue weighted by atomic mass is 19.1. The van der Waals surface area contributed by atoms with Gasteiger partial charge in [-0.2, -0.15) is 0 Å². The Bertz CT molecular complexity index is 667. The molecule has 2 aromatic rings. The molecule has 0 bridgehead atoms. The van der Waals surface area contributed by atoms with E-state index in [4.69, 9.17) is 5.73 Å². The van der Waals surface area contributed by atoms with Crippen LogP contribution in [0.2, 0.25) is 0 Å². The summed E-state index contributed by atoms with van der Waals surface area (Å²) < 4.78 is 12.9. The number of primary amides is 1. The number of nitrogens with one attached hydrogen (secondary N) is 1. The summed E-state index contributed by atoms with van der Waals surface area (Å²) in [4.78, 5) is 11.3. The number of amides is 1. The smallest absolute Gasteiger partial charge is 0.248 e. The van der Waals surface area contributed by atoms with Crippen molar-refractivity contribution in [1.29, 1.82) is 0 Å². The molecule has 2 aromatic carbocycles. The Morgan fingerprint density at radius 3 is 2.62 bits per heavy atom. The Morgan fingerprint density at radius 2 is 1.90 bits per heavy atom. The number of fused-ring (bicyclic) bond motifs is 1. The fraction of sp³-hybridized carbons (Fsp3) is 0.235. The minimum atomic E-state index is -0.397. The first-order valence-electron chi connectivity index (χ1n) is 7.05. The summed E-state index contributed by atoms with van der Waals surface area (Å²) in [7, 11) is 0.